The van der Waals surface area contributed by atoms with Crippen LogP contribution in [-0.4, -0.2) is 32.4 Å². The van der Waals surface area contributed by atoms with E-state index < -0.39 is 12.2 Å². The van der Waals surface area contributed by atoms with Crippen LogP contribution >= 0.6 is 0 Å². The summed E-state index contributed by atoms with van der Waals surface area (Å²) in [5.74, 6) is -0.545. The molecule has 1 heterocycles. The van der Waals surface area contributed by atoms with Crippen molar-refractivity contribution in [3.8, 4) is 5.75 Å². The van der Waals surface area contributed by atoms with Gasteiger partial charge < -0.3 is 14.9 Å². The Morgan fingerprint density at radius 3 is 2.09 bits per heavy atom. The van der Waals surface area contributed by atoms with Crippen molar-refractivity contribution in [2.24, 2.45) is 0 Å². The number of rotatable bonds is 5. The molecule has 0 aliphatic rings. The highest BCUT2D eigenvalue weighted by molar-refractivity contribution is 5.89. The largest absolute Gasteiger partial charge is 0.482 e. The van der Waals surface area contributed by atoms with Gasteiger partial charge in [-0.05, 0) is 5.56 Å². The summed E-state index contributed by atoms with van der Waals surface area (Å²) >= 11 is 0. The molecule has 4 N–H and O–H groups in total. The van der Waals surface area contributed by atoms with Crippen LogP contribution in [0.2, 0.25) is 0 Å². The lowest BCUT2D eigenvalue weighted by atomic mass is 10.2. The molecule has 0 unspecified atom stereocenters. The zero-order valence-corrected chi connectivity index (χ0v) is 11.1. The molecule has 2 amide bonds. The third kappa shape index (κ3) is 4.07. The van der Waals surface area contributed by atoms with Crippen LogP contribution < -0.4 is 15.4 Å². The first-order valence-corrected chi connectivity index (χ1v) is 6.01. The molecule has 0 bridgehead atoms. The average Bonchev–Trinajstić information content (AvgIpc) is 2.46. The zero-order valence-electron chi connectivity index (χ0n) is 11.1. The molecule has 9 nitrogen and oxygen atoms in total. The van der Waals surface area contributed by atoms with Crippen molar-refractivity contribution in [3.05, 3.63) is 42.2 Å². The van der Waals surface area contributed by atoms with E-state index in [0.717, 1.165) is 5.56 Å². The van der Waals surface area contributed by atoms with Gasteiger partial charge in [0.2, 0.25) is 12.1 Å². The third-order valence-corrected chi connectivity index (χ3v) is 2.43. The molecule has 1 aromatic carbocycles. The maximum Gasteiger partial charge on any atom is 0.410 e. The highest BCUT2D eigenvalue weighted by atomic mass is 16.5. The molecule has 0 saturated heterocycles. The van der Waals surface area contributed by atoms with Gasteiger partial charge in [-0.25, -0.2) is 19.6 Å². The predicted octanol–water partition coefficient (Wildman–Crippen LogP) is 2.04. The van der Waals surface area contributed by atoms with Gasteiger partial charge >= 0.3 is 12.2 Å². The summed E-state index contributed by atoms with van der Waals surface area (Å²) in [4.78, 5) is 28.7. The maximum atomic E-state index is 10.8. The molecular weight excluding hydrogens is 292 g/mol. The van der Waals surface area contributed by atoms with Crippen molar-refractivity contribution in [2.75, 3.05) is 10.6 Å². The summed E-state index contributed by atoms with van der Waals surface area (Å²) in [6.45, 7) is 0.0802. The van der Waals surface area contributed by atoms with Crippen molar-refractivity contribution < 1.29 is 24.5 Å². The van der Waals surface area contributed by atoms with Gasteiger partial charge in [0.05, 0.1) is 0 Å². The molecule has 22 heavy (non-hydrogen) atoms. The van der Waals surface area contributed by atoms with Gasteiger partial charge in [0.15, 0.2) is 11.6 Å². The van der Waals surface area contributed by atoms with E-state index in [0.29, 0.717) is 0 Å². The molecule has 0 fully saturated rings. The topological polar surface area (TPSA) is 134 Å². The van der Waals surface area contributed by atoms with Gasteiger partial charge in [0.25, 0.3) is 0 Å². The molecule has 0 aliphatic carbocycles. The van der Waals surface area contributed by atoms with Gasteiger partial charge in [-0.3, -0.25) is 10.6 Å². The van der Waals surface area contributed by atoms with Crippen LogP contribution in [0.25, 0.3) is 0 Å². The number of aromatic nitrogens is 2. The lowest BCUT2D eigenvalue weighted by Crippen LogP contribution is -2.15. The van der Waals surface area contributed by atoms with Crippen molar-refractivity contribution in [2.45, 2.75) is 6.61 Å². The van der Waals surface area contributed by atoms with Crippen LogP contribution in [0.15, 0.2) is 30.3 Å². The molecule has 113 valence electrons. The monoisotopic (exact) mass is 303 g/mol. The third-order valence-electron chi connectivity index (χ3n) is 2.43. The van der Waals surface area contributed by atoms with Crippen molar-refractivity contribution in [3.63, 3.8) is 0 Å². The lowest BCUT2D eigenvalue weighted by Gasteiger charge is -2.13. The Kier molecular flexibility index (Phi) is 4.70. The minimum Gasteiger partial charge on any atom is -0.482 e. The summed E-state index contributed by atoms with van der Waals surface area (Å²) in [6, 6.07) is 9.04. The average molecular weight is 303 g/mol. The minimum atomic E-state index is -1.38. The smallest absolute Gasteiger partial charge is 0.410 e. The highest BCUT2D eigenvalue weighted by Gasteiger charge is 2.17. The maximum absolute atomic E-state index is 10.8. The molecule has 1 radical (unpaired) electrons. The zero-order chi connectivity index (χ0) is 15.9. The number of hydrogen-bond donors (Lipinski definition) is 4. The van der Waals surface area contributed by atoms with Crippen LogP contribution in [0.5, 0.6) is 5.75 Å². The van der Waals surface area contributed by atoms with Gasteiger partial charge in [-0.1, -0.05) is 30.3 Å². The Labute approximate surface area is 124 Å². The number of amides is 2. The van der Waals surface area contributed by atoms with Crippen LogP contribution in [0.1, 0.15) is 5.56 Å². The number of benzene rings is 1. The second-order valence-electron chi connectivity index (χ2n) is 3.98. The predicted molar refractivity (Wildman–Crippen MR) is 74.9 cm³/mol. The lowest BCUT2D eigenvalue weighted by molar-refractivity contribution is 0.208. The van der Waals surface area contributed by atoms with E-state index in [1.807, 2.05) is 16.7 Å². The van der Waals surface area contributed by atoms with Gasteiger partial charge in [0.1, 0.15) is 6.61 Å². The quantitative estimate of drug-likeness (QED) is 0.664. The second-order valence-corrected chi connectivity index (χ2v) is 3.98. The summed E-state index contributed by atoms with van der Waals surface area (Å²) in [7, 11) is 0. The van der Waals surface area contributed by atoms with E-state index in [-0.39, 0.29) is 24.0 Å². The molecule has 0 spiro atoms. The van der Waals surface area contributed by atoms with Crippen molar-refractivity contribution >= 4 is 23.8 Å². The Morgan fingerprint density at radius 2 is 1.59 bits per heavy atom. The Balaban J connectivity index is 2.27. The molecule has 2 aromatic rings. The summed E-state index contributed by atoms with van der Waals surface area (Å²) < 4.78 is 5.46. The summed E-state index contributed by atoms with van der Waals surface area (Å²) in [5, 5.41) is 21.5. The van der Waals surface area contributed by atoms with Crippen LogP contribution in [0, 0.1) is 6.33 Å². The SMILES string of the molecule is O=C(O)Nc1n[c]nc(NC(=O)O)c1OCc1ccccc1. The van der Waals surface area contributed by atoms with Crippen molar-refractivity contribution in [1.29, 1.82) is 0 Å². The van der Waals surface area contributed by atoms with Crippen LogP contribution in [-0.2, 0) is 6.61 Å². The van der Waals surface area contributed by atoms with E-state index in [4.69, 9.17) is 14.9 Å². The van der Waals surface area contributed by atoms with E-state index in [2.05, 4.69) is 16.3 Å². The van der Waals surface area contributed by atoms with E-state index in [1.165, 1.54) is 0 Å². The molecule has 2 rings (SSSR count). The molecule has 0 saturated carbocycles. The number of nitrogens with one attached hydrogen (secondary N) is 2. The summed E-state index contributed by atoms with van der Waals surface area (Å²) in [6.07, 6.45) is -0.607. The Morgan fingerprint density at radius 1 is 1.05 bits per heavy atom. The van der Waals surface area contributed by atoms with Crippen LogP contribution in [0.3, 0.4) is 0 Å². The number of nitrogens with zero attached hydrogens (tertiary/aromatic N) is 2. The van der Waals surface area contributed by atoms with E-state index >= 15 is 0 Å². The van der Waals surface area contributed by atoms with E-state index in [1.54, 1.807) is 24.3 Å². The number of carboxylic acid groups (broad SMARTS) is 2. The van der Waals surface area contributed by atoms with Gasteiger partial charge in [-0.15, -0.1) is 0 Å². The van der Waals surface area contributed by atoms with E-state index in [9.17, 15) is 9.59 Å². The fourth-order valence-electron chi connectivity index (χ4n) is 1.58. The number of hydrogen-bond acceptors (Lipinski definition) is 5. The molecular formula is C13H11N4O5. The summed E-state index contributed by atoms with van der Waals surface area (Å²) in [5.41, 5.74) is 0.804. The number of ether oxygens (including phenoxy) is 1. The van der Waals surface area contributed by atoms with Gasteiger partial charge in [0, 0.05) is 0 Å². The Bertz CT molecular complexity index is 643. The molecule has 0 atom stereocenters. The van der Waals surface area contributed by atoms with Crippen LogP contribution in [0.4, 0.5) is 21.2 Å². The highest BCUT2D eigenvalue weighted by Crippen LogP contribution is 2.30. The normalized spacial score (nSPS) is 9.82. The fourth-order valence-corrected chi connectivity index (χ4v) is 1.58. The number of carbonyl (C=O) groups is 2. The molecule has 1 aromatic heterocycles. The standard InChI is InChI=1S/C13H11N4O5/c18-12(19)16-10-9(11(15-7-14-10)17-13(20)21)22-6-8-4-2-1-3-5-8/h1-5H,6H2,(H,18,19)(H,20,21)(H2,14,15,16,17). The molecule has 9 heteroatoms. The second kappa shape index (κ2) is 6.88. The minimum absolute atomic E-state index is 0.0802. The fraction of sp³-hybridized carbons (Fsp3) is 0.0769. The first-order valence-electron chi connectivity index (χ1n) is 6.01. The Hall–Kier alpha value is -3.36. The first kappa shape index (κ1) is 15.0. The first-order chi connectivity index (χ1) is 10.6. The molecule has 0 aliphatic heterocycles. The number of anilines is 2. The van der Waals surface area contributed by atoms with Gasteiger partial charge in [-0.2, -0.15) is 0 Å². The van der Waals surface area contributed by atoms with Crippen molar-refractivity contribution in [1.82, 2.24) is 9.97 Å².